The monoisotopic (exact) mass is 409 g/mol. The maximum absolute atomic E-state index is 11.2. The summed E-state index contributed by atoms with van der Waals surface area (Å²) in [5.74, 6) is 0.833. The lowest BCUT2D eigenvalue weighted by atomic mass is 10.0. The topological polar surface area (TPSA) is 68.7 Å². The van der Waals surface area contributed by atoms with Crippen molar-refractivity contribution in [2.24, 2.45) is 0 Å². The summed E-state index contributed by atoms with van der Waals surface area (Å²) in [4.78, 5) is 16.0. The third-order valence-corrected chi connectivity index (χ3v) is 5.95. The van der Waals surface area contributed by atoms with Crippen molar-refractivity contribution in [2.45, 2.75) is 39.2 Å². The number of aliphatic carboxylic acids is 1. The van der Waals surface area contributed by atoms with Gasteiger partial charge in [0, 0.05) is 24.0 Å². The number of carboxylic acids is 1. The zero-order valence-electron chi connectivity index (χ0n) is 16.5. The van der Waals surface area contributed by atoms with Gasteiger partial charge in [0.25, 0.3) is 0 Å². The molecular weight excluding hydrogens is 386 g/mol. The number of hydrogen-bond donors (Lipinski definition) is 1. The highest BCUT2D eigenvalue weighted by molar-refractivity contribution is 7.19. The van der Waals surface area contributed by atoms with Crippen LogP contribution < -0.4 is 9.47 Å². The van der Waals surface area contributed by atoms with Gasteiger partial charge in [0.15, 0.2) is 0 Å². The number of thiazole rings is 1. The van der Waals surface area contributed by atoms with E-state index in [0.717, 1.165) is 49.8 Å². The van der Waals surface area contributed by atoms with E-state index in [2.05, 4.69) is 6.92 Å². The molecule has 5 nitrogen and oxygen atoms in total. The lowest BCUT2D eigenvalue weighted by Gasteiger charge is -2.11. The number of hydrogen-bond acceptors (Lipinski definition) is 5. The fourth-order valence-corrected chi connectivity index (χ4v) is 4.54. The van der Waals surface area contributed by atoms with E-state index in [1.807, 2.05) is 49.4 Å². The third kappa shape index (κ3) is 4.27. The van der Waals surface area contributed by atoms with Crippen molar-refractivity contribution < 1.29 is 19.4 Å². The van der Waals surface area contributed by atoms with Crippen LogP contribution in [0.1, 0.15) is 42.8 Å². The second-order valence-electron chi connectivity index (χ2n) is 7.11. The van der Waals surface area contributed by atoms with Gasteiger partial charge in [-0.3, -0.25) is 4.79 Å². The lowest BCUT2D eigenvalue weighted by Crippen LogP contribution is -2.05. The van der Waals surface area contributed by atoms with Crippen molar-refractivity contribution >= 4 is 39.2 Å². The van der Waals surface area contributed by atoms with Crippen molar-refractivity contribution in [3.05, 3.63) is 52.5 Å². The van der Waals surface area contributed by atoms with E-state index in [-0.39, 0.29) is 12.5 Å². The van der Waals surface area contributed by atoms with Crippen molar-refractivity contribution in [2.75, 3.05) is 6.61 Å². The van der Waals surface area contributed by atoms with E-state index in [9.17, 15) is 9.90 Å². The predicted molar refractivity (Wildman–Crippen MR) is 116 cm³/mol. The van der Waals surface area contributed by atoms with Crippen LogP contribution in [0.15, 0.2) is 36.4 Å². The molecule has 150 valence electrons. The zero-order valence-corrected chi connectivity index (χ0v) is 17.3. The molecule has 0 spiro atoms. The summed E-state index contributed by atoms with van der Waals surface area (Å²) >= 11 is 1.58. The van der Waals surface area contributed by atoms with E-state index < -0.39 is 5.97 Å². The number of benzene rings is 2. The third-order valence-electron chi connectivity index (χ3n) is 4.83. The molecule has 29 heavy (non-hydrogen) atoms. The molecule has 0 fully saturated rings. The molecule has 6 heteroatoms. The van der Waals surface area contributed by atoms with Crippen LogP contribution in [0.3, 0.4) is 0 Å². The number of aromatic nitrogens is 1. The van der Waals surface area contributed by atoms with E-state index in [1.54, 1.807) is 11.3 Å². The molecule has 2 aromatic carbocycles. The van der Waals surface area contributed by atoms with Crippen LogP contribution in [0.2, 0.25) is 0 Å². The van der Waals surface area contributed by atoms with Gasteiger partial charge in [-0.2, -0.15) is 0 Å². The average molecular weight is 410 g/mol. The van der Waals surface area contributed by atoms with Crippen molar-refractivity contribution in [1.82, 2.24) is 4.98 Å². The van der Waals surface area contributed by atoms with Gasteiger partial charge in [0.05, 0.1) is 16.8 Å². The van der Waals surface area contributed by atoms with E-state index in [1.165, 1.54) is 0 Å². The summed E-state index contributed by atoms with van der Waals surface area (Å²) in [6, 6.07) is 12.0. The fourth-order valence-electron chi connectivity index (χ4n) is 3.53. The smallest absolute Gasteiger partial charge is 0.303 e. The van der Waals surface area contributed by atoms with E-state index in [4.69, 9.17) is 14.5 Å². The lowest BCUT2D eigenvalue weighted by molar-refractivity contribution is -0.136. The van der Waals surface area contributed by atoms with Crippen LogP contribution in [-0.4, -0.2) is 28.8 Å². The maximum Gasteiger partial charge on any atom is 0.303 e. The summed E-state index contributed by atoms with van der Waals surface area (Å²) in [7, 11) is 0. The molecule has 1 N–H and O–H groups in total. The SMILES string of the molecule is CCOc1cc2c(cc1/C=C(\CCC(=O)O)c1nc3ccccc3s1)O[C@H](C)C2. The normalized spacial score (nSPS) is 15.9. The van der Waals surface area contributed by atoms with Gasteiger partial charge in [-0.05, 0) is 56.2 Å². The summed E-state index contributed by atoms with van der Waals surface area (Å²) < 4.78 is 12.9. The molecular formula is C23H23NO4S. The first-order valence-corrected chi connectivity index (χ1v) is 10.6. The Hall–Kier alpha value is -2.86. The molecule has 3 aromatic rings. The van der Waals surface area contributed by atoms with Crippen LogP contribution in [-0.2, 0) is 11.2 Å². The summed E-state index contributed by atoms with van der Waals surface area (Å²) in [6.07, 6.45) is 3.45. The summed E-state index contributed by atoms with van der Waals surface area (Å²) in [6.45, 7) is 4.57. The van der Waals surface area contributed by atoms with Gasteiger partial charge in [-0.25, -0.2) is 4.98 Å². The van der Waals surface area contributed by atoms with Crippen LogP contribution in [0.4, 0.5) is 0 Å². The molecule has 0 radical (unpaired) electrons. The molecule has 0 unspecified atom stereocenters. The molecule has 1 aliphatic rings. The molecule has 0 saturated heterocycles. The minimum absolute atomic E-state index is 0.0458. The summed E-state index contributed by atoms with van der Waals surface area (Å²) in [5, 5.41) is 10.1. The second-order valence-corrected chi connectivity index (χ2v) is 8.14. The van der Waals surface area contributed by atoms with Crippen LogP contribution in [0.25, 0.3) is 21.9 Å². The number of carboxylic acid groups (broad SMARTS) is 1. The molecule has 1 aliphatic heterocycles. The van der Waals surface area contributed by atoms with Gasteiger partial charge in [0.1, 0.15) is 22.6 Å². The maximum atomic E-state index is 11.2. The van der Waals surface area contributed by atoms with Gasteiger partial charge in [0.2, 0.25) is 0 Å². The molecule has 0 bridgehead atoms. The largest absolute Gasteiger partial charge is 0.493 e. The Morgan fingerprint density at radius 1 is 1.34 bits per heavy atom. The molecule has 2 heterocycles. The Balaban J connectivity index is 1.79. The summed E-state index contributed by atoms with van der Waals surface area (Å²) in [5.41, 5.74) is 3.84. The minimum Gasteiger partial charge on any atom is -0.493 e. The number of nitrogens with zero attached hydrogens (tertiary/aromatic N) is 1. The van der Waals surface area contributed by atoms with Crippen molar-refractivity contribution in [3.63, 3.8) is 0 Å². The Morgan fingerprint density at radius 3 is 2.93 bits per heavy atom. The zero-order chi connectivity index (χ0) is 20.4. The highest BCUT2D eigenvalue weighted by Crippen LogP contribution is 2.38. The number of allylic oxidation sites excluding steroid dienone is 1. The van der Waals surface area contributed by atoms with Crippen LogP contribution in [0.5, 0.6) is 11.5 Å². The molecule has 1 atom stereocenters. The first kappa shape index (κ1) is 19.5. The van der Waals surface area contributed by atoms with Crippen LogP contribution >= 0.6 is 11.3 Å². The molecule has 1 aromatic heterocycles. The number of rotatable bonds is 7. The van der Waals surface area contributed by atoms with Crippen LogP contribution in [0, 0.1) is 0 Å². The highest BCUT2D eigenvalue weighted by Gasteiger charge is 2.22. The molecule has 0 aliphatic carbocycles. The van der Waals surface area contributed by atoms with E-state index in [0.29, 0.717) is 13.0 Å². The first-order chi connectivity index (χ1) is 14.0. The number of fused-ring (bicyclic) bond motifs is 2. The van der Waals surface area contributed by atoms with E-state index >= 15 is 0 Å². The Kier molecular flexibility index (Phi) is 5.53. The Bertz CT molecular complexity index is 1050. The minimum atomic E-state index is -0.826. The van der Waals surface area contributed by atoms with Gasteiger partial charge in [-0.1, -0.05) is 12.1 Å². The molecule has 0 amide bonds. The van der Waals surface area contributed by atoms with Crippen molar-refractivity contribution in [3.8, 4) is 11.5 Å². The van der Waals surface area contributed by atoms with Gasteiger partial charge in [-0.15, -0.1) is 11.3 Å². The number of para-hydroxylation sites is 1. The van der Waals surface area contributed by atoms with Gasteiger partial charge < -0.3 is 14.6 Å². The molecule has 0 saturated carbocycles. The average Bonchev–Trinajstić information content (AvgIpc) is 3.27. The number of ether oxygens (including phenoxy) is 2. The Morgan fingerprint density at radius 2 is 2.17 bits per heavy atom. The van der Waals surface area contributed by atoms with Gasteiger partial charge >= 0.3 is 5.97 Å². The van der Waals surface area contributed by atoms with Crippen molar-refractivity contribution in [1.29, 1.82) is 0 Å². The predicted octanol–water partition coefficient (Wildman–Crippen LogP) is 5.42. The quantitative estimate of drug-likeness (QED) is 0.564. The first-order valence-electron chi connectivity index (χ1n) is 9.78. The molecule has 4 rings (SSSR count). The standard InChI is InChI=1S/C23H23NO4S/c1-3-27-19-12-16-10-14(2)28-20(16)13-17(19)11-15(8-9-22(25)26)23-24-18-6-4-5-7-21(18)29-23/h4-7,11-14H,3,8-10H2,1-2H3,(H,25,26)/b15-11+/t14-/m1/s1. The fraction of sp³-hybridized carbons (Fsp3) is 0.304. The number of carbonyl (C=O) groups is 1. The second kappa shape index (κ2) is 8.25. The Labute approximate surface area is 173 Å². The highest BCUT2D eigenvalue weighted by atomic mass is 32.1.